The molecule has 29 heavy (non-hydrogen) atoms. The standard InChI is InChI=1S/C19H16F2N4O2S2/c20-13-5-7-14(8-6-13)23-18(27)19-25-24-17(29-19)11-28-10-16(26)22-9-12-3-1-2-4-15(12)21/h1-8H,9-11H2,(H,22,26)(H,23,27). The molecule has 10 heteroatoms. The average Bonchev–Trinajstić information content (AvgIpc) is 3.18. The molecule has 2 amide bonds. The predicted octanol–water partition coefficient (Wildman–Crippen LogP) is 3.62. The van der Waals surface area contributed by atoms with Crippen molar-refractivity contribution in [1.29, 1.82) is 0 Å². The number of halogens is 2. The van der Waals surface area contributed by atoms with E-state index in [-0.39, 0.29) is 29.0 Å². The lowest BCUT2D eigenvalue weighted by atomic mass is 10.2. The lowest BCUT2D eigenvalue weighted by Gasteiger charge is -2.05. The van der Waals surface area contributed by atoms with Crippen LogP contribution in [0.4, 0.5) is 14.5 Å². The predicted molar refractivity (Wildman–Crippen MR) is 109 cm³/mol. The lowest BCUT2D eigenvalue weighted by molar-refractivity contribution is -0.118. The van der Waals surface area contributed by atoms with Gasteiger partial charge in [0.2, 0.25) is 10.9 Å². The molecule has 0 fully saturated rings. The minimum Gasteiger partial charge on any atom is -0.351 e. The van der Waals surface area contributed by atoms with Gasteiger partial charge < -0.3 is 10.6 Å². The zero-order valence-corrected chi connectivity index (χ0v) is 16.7. The topological polar surface area (TPSA) is 84.0 Å². The highest BCUT2D eigenvalue weighted by Gasteiger charge is 2.14. The van der Waals surface area contributed by atoms with Gasteiger partial charge in [0.15, 0.2) is 0 Å². The number of rotatable bonds is 8. The van der Waals surface area contributed by atoms with Crippen LogP contribution in [0.25, 0.3) is 0 Å². The molecule has 0 saturated carbocycles. The molecule has 6 nitrogen and oxygen atoms in total. The summed E-state index contributed by atoms with van der Waals surface area (Å²) in [6.07, 6.45) is 0. The Morgan fingerprint density at radius 1 is 1.03 bits per heavy atom. The highest BCUT2D eigenvalue weighted by atomic mass is 32.2. The Labute approximate surface area is 173 Å². The zero-order valence-electron chi connectivity index (χ0n) is 15.0. The van der Waals surface area contributed by atoms with Crippen molar-refractivity contribution in [2.75, 3.05) is 11.1 Å². The molecule has 1 heterocycles. The summed E-state index contributed by atoms with van der Waals surface area (Å²) in [6.45, 7) is 0.124. The summed E-state index contributed by atoms with van der Waals surface area (Å²) in [7, 11) is 0. The Morgan fingerprint density at radius 3 is 2.55 bits per heavy atom. The van der Waals surface area contributed by atoms with E-state index in [0.29, 0.717) is 22.0 Å². The fourth-order valence-electron chi connectivity index (χ4n) is 2.24. The summed E-state index contributed by atoms with van der Waals surface area (Å²) in [5, 5.41) is 13.8. The number of nitrogens with one attached hydrogen (secondary N) is 2. The number of amides is 2. The van der Waals surface area contributed by atoms with E-state index in [9.17, 15) is 18.4 Å². The molecule has 0 aliphatic heterocycles. The first kappa shape index (κ1) is 20.9. The molecule has 3 aromatic rings. The number of benzene rings is 2. The number of nitrogens with zero attached hydrogens (tertiary/aromatic N) is 2. The fraction of sp³-hybridized carbons (Fsp3) is 0.158. The lowest BCUT2D eigenvalue weighted by Crippen LogP contribution is -2.25. The maximum atomic E-state index is 13.5. The van der Waals surface area contributed by atoms with Crippen LogP contribution in [-0.2, 0) is 17.1 Å². The van der Waals surface area contributed by atoms with E-state index in [1.807, 2.05) is 0 Å². The summed E-state index contributed by atoms with van der Waals surface area (Å²) in [5.41, 5.74) is 0.876. The van der Waals surface area contributed by atoms with Crippen LogP contribution in [0.5, 0.6) is 0 Å². The number of aromatic nitrogens is 2. The second kappa shape index (κ2) is 10.1. The molecule has 0 saturated heterocycles. The Bertz CT molecular complexity index is 996. The fourth-order valence-corrected chi connectivity index (χ4v) is 3.88. The minimum absolute atomic E-state index is 0.124. The number of hydrogen-bond acceptors (Lipinski definition) is 6. The Balaban J connectivity index is 1.41. The van der Waals surface area contributed by atoms with Crippen molar-refractivity contribution in [1.82, 2.24) is 15.5 Å². The Kier molecular flexibility index (Phi) is 7.25. The van der Waals surface area contributed by atoms with Crippen molar-refractivity contribution in [2.45, 2.75) is 12.3 Å². The molecular formula is C19H16F2N4O2S2. The molecule has 0 aliphatic rings. The number of hydrogen-bond donors (Lipinski definition) is 2. The summed E-state index contributed by atoms with van der Waals surface area (Å²) in [6, 6.07) is 11.6. The molecule has 0 spiro atoms. The second-order valence-electron chi connectivity index (χ2n) is 5.82. The number of carbonyl (C=O) groups excluding carboxylic acids is 2. The van der Waals surface area contributed by atoms with E-state index in [2.05, 4.69) is 20.8 Å². The van der Waals surface area contributed by atoms with Crippen LogP contribution in [0.1, 0.15) is 20.4 Å². The molecule has 1 aromatic heterocycles. The number of anilines is 1. The van der Waals surface area contributed by atoms with Crippen molar-refractivity contribution < 1.29 is 18.4 Å². The van der Waals surface area contributed by atoms with Gasteiger partial charge in [0.05, 0.1) is 5.75 Å². The van der Waals surface area contributed by atoms with Crippen molar-refractivity contribution in [2.24, 2.45) is 0 Å². The van der Waals surface area contributed by atoms with E-state index in [0.717, 1.165) is 11.3 Å². The Hall–Kier alpha value is -2.85. The van der Waals surface area contributed by atoms with Crippen LogP contribution in [0.15, 0.2) is 48.5 Å². The van der Waals surface area contributed by atoms with Gasteiger partial charge in [-0.05, 0) is 30.3 Å². The van der Waals surface area contributed by atoms with Crippen LogP contribution in [0.2, 0.25) is 0 Å². The van der Waals surface area contributed by atoms with Crippen molar-refractivity contribution in [3.63, 3.8) is 0 Å². The smallest absolute Gasteiger partial charge is 0.286 e. The summed E-state index contributed by atoms with van der Waals surface area (Å²) < 4.78 is 26.4. The summed E-state index contributed by atoms with van der Waals surface area (Å²) >= 11 is 2.43. The van der Waals surface area contributed by atoms with E-state index in [4.69, 9.17) is 0 Å². The third kappa shape index (κ3) is 6.33. The second-order valence-corrected chi connectivity index (χ2v) is 7.87. The molecule has 0 aliphatic carbocycles. The summed E-state index contributed by atoms with van der Waals surface area (Å²) in [5.74, 6) is -0.832. The van der Waals surface area contributed by atoms with Gasteiger partial charge in [-0.2, -0.15) is 0 Å². The van der Waals surface area contributed by atoms with E-state index in [1.165, 1.54) is 42.1 Å². The van der Waals surface area contributed by atoms with Gasteiger partial charge in [-0.1, -0.05) is 29.5 Å². The Morgan fingerprint density at radius 2 is 1.79 bits per heavy atom. The van der Waals surface area contributed by atoms with Crippen LogP contribution in [-0.4, -0.2) is 27.8 Å². The van der Waals surface area contributed by atoms with Crippen LogP contribution in [0.3, 0.4) is 0 Å². The van der Waals surface area contributed by atoms with E-state index in [1.54, 1.807) is 18.2 Å². The van der Waals surface area contributed by atoms with Crippen molar-refractivity contribution in [3.05, 3.63) is 75.7 Å². The molecule has 0 unspecified atom stereocenters. The van der Waals surface area contributed by atoms with E-state index >= 15 is 0 Å². The molecule has 0 atom stereocenters. The highest BCUT2D eigenvalue weighted by molar-refractivity contribution is 7.99. The average molecular weight is 434 g/mol. The first-order chi connectivity index (χ1) is 14.0. The van der Waals surface area contributed by atoms with Crippen molar-refractivity contribution >= 4 is 40.6 Å². The largest absolute Gasteiger partial charge is 0.351 e. The minimum atomic E-state index is -0.437. The van der Waals surface area contributed by atoms with Gasteiger partial charge in [0.1, 0.15) is 16.6 Å². The van der Waals surface area contributed by atoms with Crippen LogP contribution >= 0.6 is 23.1 Å². The van der Waals surface area contributed by atoms with Gasteiger partial charge in [0, 0.05) is 23.5 Å². The van der Waals surface area contributed by atoms with Gasteiger partial charge in [-0.3, -0.25) is 9.59 Å². The first-order valence-electron chi connectivity index (χ1n) is 8.48. The van der Waals surface area contributed by atoms with Crippen molar-refractivity contribution in [3.8, 4) is 0 Å². The number of carbonyl (C=O) groups is 2. The molecule has 3 rings (SSSR count). The molecule has 2 N–H and O–H groups in total. The SMILES string of the molecule is O=C(CSCc1nnc(C(=O)Nc2ccc(F)cc2)s1)NCc1ccccc1F. The maximum absolute atomic E-state index is 13.5. The molecule has 0 bridgehead atoms. The van der Waals surface area contributed by atoms with Crippen LogP contribution < -0.4 is 10.6 Å². The highest BCUT2D eigenvalue weighted by Crippen LogP contribution is 2.18. The molecule has 150 valence electrons. The van der Waals surface area contributed by atoms with Crippen LogP contribution in [0, 0.1) is 11.6 Å². The van der Waals surface area contributed by atoms with Gasteiger partial charge in [-0.25, -0.2) is 8.78 Å². The molecular weight excluding hydrogens is 418 g/mol. The molecule has 0 radical (unpaired) electrons. The quantitative estimate of drug-likeness (QED) is 0.566. The maximum Gasteiger partial charge on any atom is 0.286 e. The third-order valence-electron chi connectivity index (χ3n) is 3.66. The van der Waals surface area contributed by atoms with E-state index < -0.39 is 11.7 Å². The third-order valence-corrected chi connectivity index (χ3v) is 5.70. The van der Waals surface area contributed by atoms with Gasteiger partial charge >= 0.3 is 0 Å². The first-order valence-corrected chi connectivity index (χ1v) is 10.5. The van der Waals surface area contributed by atoms with Gasteiger partial charge in [0.25, 0.3) is 5.91 Å². The van der Waals surface area contributed by atoms with Gasteiger partial charge in [-0.15, -0.1) is 22.0 Å². The number of thioether (sulfide) groups is 1. The zero-order chi connectivity index (χ0) is 20.6. The normalized spacial score (nSPS) is 10.6. The summed E-state index contributed by atoms with van der Waals surface area (Å²) in [4.78, 5) is 24.0. The molecule has 2 aromatic carbocycles. The monoisotopic (exact) mass is 434 g/mol.